The fourth-order valence-electron chi connectivity index (χ4n) is 1.46. The third kappa shape index (κ3) is 2.57. The van der Waals surface area contributed by atoms with Crippen molar-refractivity contribution in [2.45, 2.75) is 13.5 Å². The van der Waals surface area contributed by atoms with E-state index in [1.807, 2.05) is 25.1 Å². The molecule has 1 aromatic heterocycles. The molecule has 2 nitrogen and oxygen atoms in total. The monoisotopic (exact) mass is 216 g/mol. The Morgan fingerprint density at radius 1 is 1.19 bits per heavy atom. The second kappa shape index (κ2) is 4.75. The maximum Gasteiger partial charge on any atom is 0.146 e. The summed E-state index contributed by atoms with van der Waals surface area (Å²) in [5.74, 6) is -0.214. The fourth-order valence-corrected chi connectivity index (χ4v) is 1.46. The lowest BCUT2D eigenvalue weighted by molar-refractivity contribution is 0.629. The number of pyridine rings is 1. The van der Waals surface area contributed by atoms with E-state index < -0.39 is 0 Å². The Labute approximate surface area is 94.2 Å². The third-order valence-electron chi connectivity index (χ3n) is 2.36. The average Bonchev–Trinajstić information content (AvgIpc) is 2.29. The second-order valence-corrected chi connectivity index (χ2v) is 3.69. The normalized spacial score (nSPS) is 10.1. The first-order valence-corrected chi connectivity index (χ1v) is 5.14. The van der Waals surface area contributed by atoms with E-state index in [2.05, 4.69) is 10.3 Å². The van der Waals surface area contributed by atoms with Crippen molar-refractivity contribution in [2.75, 3.05) is 5.32 Å². The van der Waals surface area contributed by atoms with Crippen LogP contribution in [0.3, 0.4) is 0 Å². The van der Waals surface area contributed by atoms with Gasteiger partial charge in [-0.3, -0.25) is 4.98 Å². The van der Waals surface area contributed by atoms with Gasteiger partial charge in [-0.1, -0.05) is 6.07 Å². The molecule has 2 aromatic rings. The van der Waals surface area contributed by atoms with Crippen LogP contribution in [0.1, 0.15) is 11.1 Å². The maximum absolute atomic E-state index is 13.5. The van der Waals surface area contributed by atoms with E-state index in [-0.39, 0.29) is 5.82 Å². The van der Waals surface area contributed by atoms with Gasteiger partial charge < -0.3 is 5.32 Å². The number of aryl methyl sites for hydroxylation is 1. The summed E-state index contributed by atoms with van der Waals surface area (Å²) in [6, 6.07) is 8.97. The van der Waals surface area contributed by atoms with Crippen LogP contribution < -0.4 is 5.32 Å². The third-order valence-corrected chi connectivity index (χ3v) is 2.36. The van der Waals surface area contributed by atoms with Gasteiger partial charge in [0.2, 0.25) is 0 Å². The molecule has 0 radical (unpaired) electrons. The van der Waals surface area contributed by atoms with E-state index in [4.69, 9.17) is 0 Å². The van der Waals surface area contributed by atoms with Crippen molar-refractivity contribution in [2.24, 2.45) is 0 Å². The van der Waals surface area contributed by atoms with Crippen LogP contribution in [0.15, 0.2) is 42.7 Å². The summed E-state index contributed by atoms with van der Waals surface area (Å²) >= 11 is 0. The molecular weight excluding hydrogens is 203 g/mol. The fraction of sp³-hybridized carbons (Fsp3) is 0.154. The molecule has 0 amide bonds. The molecule has 1 aromatic carbocycles. The van der Waals surface area contributed by atoms with Crippen molar-refractivity contribution in [1.29, 1.82) is 0 Å². The largest absolute Gasteiger partial charge is 0.379 e. The number of aromatic nitrogens is 1. The second-order valence-electron chi connectivity index (χ2n) is 3.69. The number of hydrogen-bond donors (Lipinski definition) is 1. The number of anilines is 1. The van der Waals surface area contributed by atoms with Crippen LogP contribution in [0.4, 0.5) is 10.1 Å². The van der Waals surface area contributed by atoms with Crippen LogP contribution in [-0.2, 0) is 6.54 Å². The van der Waals surface area contributed by atoms with Gasteiger partial charge in [0.15, 0.2) is 0 Å². The maximum atomic E-state index is 13.5. The molecule has 0 saturated carbocycles. The predicted octanol–water partition coefficient (Wildman–Crippen LogP) is 3.14. The van der Waals surface area contributed by atoms with Gasteiger partial charge in [-0.05, 0) is 42.3 Å². The van der Waals surface area contributed by atoms with Gasteiger partial charge in [-0.15, -0.1) is 0 Å². The highest BCUT2D eigenvalue weighted by atomic mass is 19.1. The summed E-state index contributed by atoms with van der Waals surface area (Å²) in [6.45, 7) is 2.47. The van der Waals surface area contributed by atoms with Crippen molar-refractivity contribution in [1.82, 2.24) is 4.98 Å². The zero-order valence-corrected chi connectivity index (χ0v) is 9.07. The summed E-state index contributed by atoms with van der Waals surface area (Å²) in [7, 11) is 0. The molecular formula is C13H13FN2. The first-order valence-electron chi connectivity index (χ1n) is 5.14. The van der Waals surface area contributed by atoms with Gasteiger partial charge >= 0.3 is 0 Å². The van der Waals surface area contributed by atoms with E-state index in [0.29, 0.717) is 12.2 Å². The number of nitrogens with zero attached hydrogens (tertiary/aromatic N) is 1. The minimum Gasteiger partial charge on any atom is -0.379 e. The molecule has 16 heavy (non-hydrogen) atoms. The van der Waals surface area contributed by atoms with Crippen molar-refractivity contribution >= 4 is 5.69 Å². The minimum atomic E-state index is -0.214. The van der Waals surface area contributed by atoms with Crippen molar-refractivity contribution in [3.63, 3.8) is 0 Å². The number of halogens is 1. The Morgan fingerprint density at radius 2 is 1.94 bits per heavy atom. The average molecular weight is 216 g/mol. The number of hydrogen-bond acceptors (Lipinski definition) is 2. The highest BCUT2D eigenvalue weighted by Crippen LogP contribution is 2.16. The van der Waals surface area contributed by atoms with Crippen LogP contribution in [0.25, 0.3) is 0 Å². The highest BCUT2D eigenvalue weighted by Gasteiger charge is 2.01. The van der Waals surface area contributed by atoms with Gasteiger partial charge in [0.1, 0.15) is 5.82 Å². The predicted molar refractivity (Wildman–Crippen MR) is 62.7 cm³/mol. The number of benzene rings is 1. The molecule has 0 saturated heterocycles. The van der Waals surface area contributed by atoms with Crippen molar-refractivity contribution < 1.29 is 4.39 Å². The van der Waals surface area contributed by atoms with Crippen LogP contribution in [0, 0.1) is 12.7 Å². The van der Waals surface area contributed by atoms with E-state index in [1.54, 1.807) is 18.5 Å². The summed E-state index contributed by atoms with van der Waals surface area (Å²) < 4.78 is 13.5. The van der Waals surface area contributed by atoms with Crippen LogP contribution in [0.5, 0.6) is 0 Å². The van der Waals surface area contributed by atoms with Gasteiger partial charge in [-0.2, -0.15) is 0 Å². The van der Waals surface area contributed by atoms with Crippen molar-refractivity contribution in [3.05, 3.63) is 59.7 Å². The molecule has 82 valence electrons. The Balaban J connectivity index is 2.05. The lowest BCUT2D eigenvalue weighted by Gasteiger charge is -2.07. The van der Waals surface area contributed by atoms with Crippen LogP contribution in [-0.4, -0.2) is 4.98 Å². The molecule has 0 atom stereocenters. The summed E-state index contributed by atoms with van der Waals surface area (Å²) in [6.07, 6.45) is 3.45. The molecule has 2 rings (SSSR count). The summed E-state index contributed by atoms with van der Waals surface area (Å²) in [5, 5.41) is 3.05. The Hall–Kier alpha value is -1.90. The molecule has 0 fully saturated rings. The number of rotatable bonds is 3. The molecule has 1 N–H and O–H groups in total. The Morgan fingerprint density at radius 3 is 2.62 bits per heavy atom. The zero-order chi connectivity index (χ0) is 11.4. The summed E-state index contributed by atoms with van der Waals surface area (Å²) in [4.78, 5) is 3.93. The van der Waals surface area contributed by atoms with Gasteiger partial charge in [0.05, 0.1) is 5.69 Å². The SMILES string of the molecule is Cc1ccc(NCc2ccncc2)c(F)c1. The number of nitrogens with one attached hydrogen (secondary N) is 1. The van der Waals surface area contributed by atoms with Gasteiger partial charge in [-0.25, -0.2) is 4.39 Å². The molecule has 0 aliphatic carbocycles. The quantitative estimate of drug-likeness (QED) is 0.852. The van der Waals surface area contributed by atoms with Crippen LogP contribution >= 0.6 is 0 Å². The molecule has 3 heteroatoms. The van der Waals surface area contributed by atoms with Crippen molar-refractivity contribution in [3.8, 4) is 0 Å². The van der Waals surface area contributed by atoms with Crippen LogP contribution in [0.2, 0.25) is 0 Å². The molecule has 0 unspecified atom stereocenters. The molecule has 0 spiro atoms. The first kappa shape index (κ1) is 10.6. The Bertz CT molecular complexity index is 469. The smallest absolute Gasteiger partial charge is 0.146 e. The molecule has 0 bridgehead atoms. The molecule has 0 aliphatic rings. The summed E-state index contributed by atoms with van der Waals surface area (Å²) in [5.41, 5.74) is 2.53. The van der Waals surface area contributed by atoms with E-state index in [9.17, 15) is 4.39 Å². The topological polar surface area (TPSA) is 24.9 Å². The molecule has 1 heterocycles. The standard InChI is InChI=1S/C13H13FN2/c1-10-2-3-13(12(14)8-10)16-9-11-4-6-15-7-5-11/h2-8,16H,9H2,1H3. The van der Waals surface area contributed by atoms with Gasteiger partial charge in [0.25, 0.3) is 0 Å². The van der Waals surface area contributed by atoms with E-state index in [1.165, 1.54) is 6.07 Å². The molecule has 0 aliphatic heterocycles. The lowest BCUT2D eigenvalue weighted by atomic mass is 10.2. The minimum absolute atomic E-state index is 0.214. The Kier molecular flexibility index (Phi) is 3.15. The highest BCUT2D eigenvalue weighted by molar-refractivity contribution is 5.46. The first-order chi connectivity index (χ1) is 7.75. The lowest BCUT2D eigenvalue weighted by Crippen LogP contribution is -2.01. The van der Waals surface area contributed by atoms with E-state index >= 15 is 0 Å². The van der Waals surface area contributed by atoms with E-state index in [0.717, 1.165) is 11.1 Å². The zero-order valence-electron chi connectivity index (χ0n) is 9.07. The van der Waals surface area contributed by atoms with Gasteiger partial charge in [0, 0.05) is 18.9 Å².